The van der Waals surface area contributed by atoms with Gasteiger partial charge in [0.1, 0.15) is 6.04 Å². The fraction of sp³-hybridized carbons (Fsp3) is 0.406. The number of nitrogens with one attached hydrogen (secondary N) is 1. The van der Waals surface area contributed by atoms with Crippen molar-refractivity contribution in [2.45, 2.75) is 44.4 Å². The van der Waals surface area contributed by atoms with Gasteiger partial charge in [-0.15, -0.1) is 5.10 Å². The second-order valence-electron chi connectivity index (χ2n) is 11.7. The Morgan fingerprint density at radius 3 is 2.53 bits per heavy atom. The first-order chi connectivity index (χ1) is 22.3. The van der Waals surface area contributed by atoms with Crippen molar-refractivity contribution >= 4 is 24.1 Å². The van der Waals surface area contributed by atoms with Crippen LogP contribution >= 0.6 is 0 Å². The molecule has 1 fully saturated rings. The molecule has 1 N–H and O–H groups in total. The smallest absolute Gasteiger partial charge is 0.416 e. The third-order valence-electron chi connectivity index (χ3n) is 8.68. The molecule has 0 bridgehead atoms. The number of fused-ring (bicyclic) bond motifs is 1. The van der Waals surface area contributed by atoms with E-state index >= 15 is 0 Å². The van der Waals surface area contributed by atoms with Crippen LogP contribution in [0.4, 0.5) is 24.8 Å². The lowest BCUT2D eigenvalue weighted by atomic mass is 9.88. The first kappa shape index (κ1) is 34.9. The molecule has 250 valence electrons. The van der Waals surface area contributed by atoms with Crippen molar-refractivity contribution in [3.05, 3.63) is 86.5 Å². The Labute approximate surface area is 268 Å². The Morgan fingerprint density at radius 2 is 1.91 bits per heavy atom. The highest BCUT2D eigenvalue weighted by atomic mass is 19.4. The molecule has 2 aliphatic rings. The zero-order valence-corrected chi connectivity index (χ0v) is 26.3. The molecule has 0 spiro atoms. The van der Waals surface area contributed by atoms with Gasteiger partial charge in [-0.05, 0) is 48.4 Å². The highest BCUT2D eigenvalue weighted by Gasteiger charge is 2.41. The molecule has 2 aromatic carbocycles. The molecule has 1 saturated heterocycles. The highest BCUT2D eigenvalue weighted by molar-refractivity contribution is 5.93. The van der Waals surface area contributed by atoms with Crippen molar-refractivity contribution in [3.63, 3.8) is 0 Å². The number of halogens is 3. The van der Waals surface area contributed by atoms with Gasteiger partial charge in [-0.25, -0.2) is 19.3 Å². The van der Waals surface area contributed by atoms with Gasteiger partial charge in [0.25, 0.3) is 0 Å². The average Bonchev–Trinajstić information content (AvgIpc) is 3.43. The number of ether oxygens (including phenoxy) is 2. The van der Waals surface area contributed by atoms with Crippen LogP contribution in [-0.2, 0) is 31.7 Å². The minimum absolute atomic E-state index is 0.0121. The number of hydrogen-bond donors (Lipinski definition) is 1. The number of aromatic amines is 1. The van der Waals surface area contributed by atoms with Crippen LogP contribution in [0.2, 0.25) is 0 Å². The minimum atomic E-state index is -4.61. The van der Waals surface area contributed by atoms with Crippen LogP contribution in [-0.4, -0.2) is 78.7 Å². The number of allylic oxidation sites excluding steroid dienone is 1. The van der Waals surface area contributed by atoms with Crippen molar-refractivity contribution in [2.75, 3.05) is 45.9 Å². The number of rotatable bonds is 7. The summed E-state index contributed by atoms with van der Waals surface area (Å²) >= 11 is 0. The van der Waals surface area contributed by atoms with E-state index in [1.807, 2.05) is 0 Å². The van der Waals surface area contributed by atoms with Gasteiger partial charge in [0.05, 0.1) is 69.8 Å². The number of methoxy groups -OCH3 is 1. The van der Waals surface area contributed by atoms with Crippen LogP contribution < -0.4 is 15.7 Å². The van der Waals surface area contributed by atoms with Crippen molar-refractivity contribution in [2.24, 2.45) is 0 Å². The number of esters is 1. The summed E-state index contributed by atoms with van der Waals surface area (Å²) in [6.07, 6.45) is -2.24. The number of nitriles is 1. The third-order valence-corrected chi connectivity index (χ3v) is 8.68. The lowest BCUT2D eigenvalue weighted by Gasteiger charge is -2.40. The molecule has 15 heteroatoms. The predicted octanol–water partition coefficient (Wildman–Crippen LogP) is 2.81. The molecule has 0 unspecified atom stereocenters. The molecule has 0 saturated carbocycles. The number of likely N-dealkylation sites (N-methyl/N-ethyl adjacent to an activating group) is 1. The molecule has 1 atom stereocenters. The average molecular weight is 657 g/mol. The molecule has 2 aliphatic heterocycles. The third kappa shape index (κ3) is 7.23. The second kappa shape index (κ2) is 14.2. The lowest BCUT2D eigenvalue weighted by Crippen LogP contribution is -2.52. The number of alkyl halides is 3. The summed E-state index contributed by atoms with van der Waals surface area (Å²) < 4.78 is 53.6. The first-order valence-corrected chi connectivity index (χ1v) is 14.7. The Hall–Kier alpha value is -4.94. The summed E-state index contributed by atoms with van der Waals surface area (Å²) in [4.78, 5) is 36.4. The first-order valence-electron chi connectivity index (χ1n) is 14.7. The summed E-state index contributed by atoms with van der Waals surface area (Å²) in [6.45, 7) is 3.19. The van der Waals surface area contributed by atoms with E-state index in [0.717, 1.165) is 30.5 Å². The standard InChI is InChI=1S/C31H33F3N6O4.CH2O2/c1-19-26(28(41)43-4)27(39-29(36-37-30(39)42)38(19)23-7-5-6-22(17-23)31(32,33)34)25-9-8-20(18-35)16-21(25)10-13-40(2,3)24-11-14-44-15-12-24;2-1-3/h5-9,16-17,24,27H,10-15H2,1-4H3;1H,(H,2,3)/t27-;/m1./s1. The molecule has 5 rings (SSSR count). The number of anilines is 2. The van der Waals surface area contributed by atoms with Gasteiger partial charge in [0.15, 0.2) is 0 Å². The van der Waals surface area contributed by atoms with Crippen molar-refractivity contribution in [1.82, 2.24) is 14.8 Å². The summed E-state index contributed by atoms with van der Waals surface area (Å²) in [5, 5.41) is 24.6. The van der Waals surface area contributed by atoms with Crippen molar-refractivity contribution in [3.8, 4) is 6.07 Å². The Kier molecular flexibility index (Phi) is 10.6. The Balaban J connectivity index is 0.00000160. The summed E-state index contributed by atoms with van der Waals surface area (Å²) in [7, 11) is 5.51. The zero-order valence-electron chi connectivity index (χ0n) is 26.3. The van der Waals surface area contributed by atoms with Gasteiger partial charge in [-0.3, -0.25) is 4.90 Å². The van der Waals surface area contributed by atoms with Gasteiger partial charge in [-0.2, -0.15) is 18.4 Å². The molecule has 0 radical (unpaired) electrons. The van der Waals surface area contributed by atoms with Gasteiger partial charge in [0, 0.05) is 37.1 Å². The van der Waals surface area contributed by atoms with Crippen LogP contribution in [0.3, 0.4) is 0 Å². The van der Waals surface area contributed by atoms with Crippen molar-refractivity contribution in [1.29, 1.82) is 5.26 Å². The molecule has 1 aromatic heterocycles. The minimum Gasteiger partial charge on any atom is -0.554 e. The van der Waals surface area contributed by atoms with E-state index < -0.39 is 35.9 Å². The van der Waals surface area contributed by atoms with Crippen LogP contribution in [0.15, 0.2) is 58.5 Å². The van der Waals surface area contributed by atoms with Gasteiger partial charge >= 0.3 is 17.8 Å². The number of benzene rings is 2. The van der Waals surface area contributed by atoms with Crippen LogP contribution in [0.25, 0.3) is 0 Å². The molecular formula is C32H35F3N6O6. The molecular weight excluding hydrogens is 621 g/mol. The van der Waals surface area contributed by atoms with Crippen LogP contribution in [0.5, 0.6) is 0 Å². The van der Waals surface area contributed by atoms with E-state index in [9.17, 15) is 28.0 Å². The predicted molar refractivity (Wildman–Crippen MR) is 161 cm³/mol. The lowest BCUT2D eigenvalue weighted by molar-refractivity contribution is -0.916. The number of quaternary nitrogens is 1. The molecule has 3 aromatic rings. The van der Waals surface area contributed by atoms with Crippen LogP contribution in [0, 0.1) is 11.3 Å². The maximum absolute atomic E-state index is 13.6. The van der Waals surface area contributed by atoms with Crippen molar-refractivity contribution < 1.29 is 41.8 Å². The number of H-pyrrole nitrogens is 1. The number of carboxylic acid groups (broad SMARTS) is 1. The zero-order chi connectivity index (χ0) is 34.5. The van der Waals surface area contributed by atoms with Gasteiger partial charge in [0.2, 0.25) is 5.95 Å². The SMILES string of the molecule is COC(=O)C1=C(C)N(c2cccc(C(F)(F)F)c2)c2n[nH]c(=O)n2[C@@H]1c1ccc(C#N)cc1CC[N+](C)(C)C1CCOCC1.O=C[O-]. The summed E-state index contributed by atoms with van der Waals surface area (Å²) in [6, 6.07) is 11.2. The topological polar surface area (TPSA) is 153 Å². The molecule has 3 heterocycles. The quantitative estimate of drug-likeness (QED) is 0.230. The van der Waals surface area contributed by atoms with E-state index in [4.69, 9.17) is 19.4 Å². The number of aromatic nitrogens is 3. The second-order valence-corrected chi connectivity index (χ2v) is 11.7. The summed E-state index contributed by atoms with van der Waals surface area (Å²) in [5.41, 5.74) is 0.580. The maximum atomic E-state index is 13.6. The fourth-order valence-corrected chi connectivity index (χ4v) is 6.21. The molecule has 0 aliphatic carbocycles. The van der Waals surface area contributed by atoms with Crippen LogP contribution in [0.1, 0.15) is 48.1 Å². The van der Waals surface area contributed by atoms with Gasteiger partial charge < -0.3 is 23.9 Å². The Morgan fingerprint density at radius 1 is 1.23 bits per heavy atom. The van der Waals surface area contributed by atoms with Gasteiger partial charge in [-0.1, -0.05) is 12.1 Å². The van der Waals surface area contributed by atoms with E-state index in [2.05, 4.69) is 30.4 Å². The number of nitrogens with zero attached hydrogens (tertiary/aromatic N) is 5. The molecule has 0 amide bonds. The maximum Gasteiger partial charge on any atom is 0.416 e. The van der Waals surface area contributed by atoms with E-state index in [1.165, 1.54) is 28.7 Å². The number of carbonyl (C=O) groups excluding carboxylic acids is 2. The highest BCUT2D eigenvalue weighted by Crippen LogP contribution is 2.43. The van der Waals surface area contributed by atoms with E-state index in [-0.39, 0.29) is 22.9 Å². The monoisotopic (exact) mass is 656 g/mol. The number of carbonyl (C=O) groups is 2. The summed E-state index contributed by atoms with van der Waals surface area (Å²) in [5.74, 6) is -0.741. The fourth-order valence-electron chi connectivity index (χ4n) is 6.21. The van der Waals surface area contributed by atoms with E-state index in [1.54, 1.807) is 25.1 Å². The number of hydrogen-bond acceptors (Lipinski definition) is 9. The van der Waals surface area contributed by atoms with E-state index in [0.29, 0.717) is 47.8 Å². The molecule has 47 heavy (non-hydrogen) atoms. The Bertz CT molecular complexity index is 1750. The largest absolute Gasteiger partial charge is 0.554 e. The normalized spacial score (nSPS) is 16.9. The molecule has 12 nitrogen and oxygen atoms in total.